The maximum atomic E-state index is 13.6. The molecule has 5 nitrogen and oxygen atoms in total. The Morgan fingerprint density at radius 3 is 2.58 bits per heavy atom. The van der Waals surface area contributed by atoms with Gasteiger partial charge in [0.05, 0.1) is 17.1 Å². The molecule has 1 aromatic heterocycles. The molecule has 1 atom stereocenters. The maximum Gasteiger partial charge on any atom is 0.416 e. The second-order valence-corrected chi connectivity index (χ2v) is 9.30. The summed E-state index contributed by atoms with van der Waals surface area (Å²) < 4.78 is 47.1. The molecule has 0 amide bonds. The minimum atomic E-state index is -4.54. The van der Waals surface area contributed by atoms with E-state index in [1.807, 2.05) is 42.5 Å². The molecule has 1 unspecified atom stereocenters. The van der Waals surface area contributed by atoms with Crippen molar-refractivity contribution < 1.29 is 22.7 Å². The molecule has 5 rings (SSSR count). The lowest BCUT2D eigenvalue weighted by atomic mass is 9.92. The van der Waals surface area contributed by atoms with Gasteiger partial charge in [-0.15, -0.1) is 0 Å². The van der Waals surface area contributed by atoms with Crippen LogP contribution in [0.1, 0.15) is 22.7 Å². The number of nitrogens with one attached hydrogen (secondary N) is 1. The molecular weight excluding hydrogens is 537 g/mol. The fraction of sp³-hybridized carbons (Fsp3) is 0.185. The molecule has 0 aliphatic carbocycles. The summed E-state index contributed by atoms with van der Waals surface area (Å²) in [7, 11) is 1.23. The Hall–Kier alpha value is -3.59. The van der Waals surface area contributed by atoms with Crippen LogP contribution in [0.25, 0.3) is 21.9 Å². The lowest BCUT2D eigenvalue weighted by Crippen LogP contribution is -2.30. The lowest BCUT2D eigenvalue weighted by molar-refractivity contribution is -0.144. The van der Waals surface area contributed by atoms with E-state index >= 15 is 0 Å². The number of fused-ring (bicyclic) bond motifs is 2. The second-order valence-electron chi connectivity index (χ2n) is 8.50. The first-order valence-corrected chi connectivity index (χ1v) is 11.9. The molecule has 1 aliphatic heterocycles. The second kappa shape index (κ2) is 9.13. The van der Waals surface area contributed by atoms with Crippen molar-refractivity contribution in [2.75, 3.05) is 19.0 Å². The summed E-state index contributed by atoms with van der Waals surface area (Å²) in [6.07, 6.45) is -4.26. The molecule has 0 saturated heterocycles. The molecule has 0 radical (unpaired) electrons. The predicted molar refractivity (Wildman–Crippen MR) is 135 cm³/mol. The normalized spacial score (nSPS) is 15.0. The van der Waals surface area contributed by atoms with Gasteiger partial charge in [-0.3, -0.25) is 9.36 Å². The average molecular weight is 557 g/mol. The number of halogens is 4. The van der Waals surface area contributed by atoms with E-state index in [2.05, 4.69) is 21.2 Å². The van der Waals surface area contributed by atoms with E-state index < -0.39 is 29.3 Å². The highest BCUT2D eigenvalue weighted by Gasteiger charge is 2.36. The van der Waals surface area contributed by atoms with Gasteiger partial charge in [0.25, 0.3) is 5.56 Å². The number of methoxy groups -OCH3 is 1. The number of ether oxygens (including phenoxy) is 1. The zero-order valence-electron chi connectivity index (χ0n) is 19.0. The van der Waals surface area contributed by atoms with Crippen LogP contribution in [0.2, 0.25) is 0 Å². The predicted octanol–water partition coefficient (Wildman–Crippen LogP) is 6.18. The quantitative estimate of drug-likeness (QED) is 0.305. The fourth-order valence-electron chi connectivity index (χ4n) is 4.75. The number of alkyl halides is 3. The van der Waals surface area contributed by atoms with Crippen molar-refractivity contribution in [1.29, 1.82) is 0 Å². The number of esters is 1. The summed E-state index contributed by atoms with van der Waals surface area (Å²) in [5.74, 6) is -0.333. The fourth-order valence-corrected chi connectivity index (χ4v) is 5.28. The van der Waals surface area contributed by atoms with E-state index in [0.29, 0.717) is 11.1 Å². The number of carbonyl (C=O) groups excluding carboxylic acids is 1. The summed E-state index contributed by atoms with van der Waals surface area (Å²) in [4.78, 5) is 25.9. The van der Waals surface area contributed by atoms with E-state index in [4.69, 9.17) is 4.74 Å². The lowest BCUT2D eigenvalue weighted by Gasteiger charge is -2.20. The van der Waals surface area contributed by atoms with Gasteiger partial charge in [-0.05, 0) is 55.5 Å². The number of aromatic nitrogens is 1. The van der Waals surface area contributed by atoms with Crippen LogP contribution in [0.3, 0.4) is 0 Å². The number of nitrogens with zero attached hydrogens (tertiary/aromatic N) is 1. The number of pyridine rings is 1. The molecule has 36 heavy (non-hydrogen) atoms. The third-order valence-electron chi connectivity index (χ3n) is 6.42. The zero-order valence-corrected chi connectivity index (χ0v) is 20.6. The molecule has 1 N–H and O–H groups in total. The molecule has 3 aromatic carbocycles. The third kappa shape index (κ3) is 4.07. The van der Waals surface area contributed by atoms with E-state index in [1.165, 1.54) is 17.7 Å². The summed E-state index contributed by atoms with van der Waals surface area (Å²) in [6, 6.07) is 17.6. The van der Waals surface area contributed by atoms with Gasteiger partial charge in [0.15, 0.2) is 6.04 Å². The largest absolute Gasteiger partial charge is 0.467 e. The number of rotatable bonds is 4. The summed E-state index contributed by atoms with van der Waals surface area (Å²) in [6.45, 7) is 0.0814. The van der Waals surface area contributed by atoms with Crippen molar-refractivity contribution in [3.05, 3.63) is 98.2 Å². The van der Waals surface area contributed by atoms with Crippen LogP contribution in [-0.4, -0.2) is 24.2 Å². The minimum absolute atomic E-state index is 0.0814. The topological polar surface area (TPSA) is 60.3 Å². The van der Waals surface area contributed by atoms with Crippen LogP contribution in [0.4, 0.5) is 19.0 Å². The Bertz CT molecular complexity index is 1560. The number of benzene rings is 3. The van der Waals surface area contributed by atoms with Gasteiger partial charge in [-0.1, -0.05) is 54.6 Å². The standard InChI is InChI=1S/C27H20BrF3N2O3/c1-36-26(35)21-14-32-24-22(17-9-5-10-18(12-17)27(29,30)31)20(23(28)25(34)33(21)24)13-16-8-4-7-15-6-2-3-11-19(15)16/h2-12,21,32H,13-14H2,1H3. The molecule has 9 heteroatoms. The first-order valence-electron chi connectivity index (χ1n) is 11.1. The Morgan fingerprint density at radius 1 is 1.11 bits per heavy atom. The summed E-state index contributed by atoms with van der Waals surface area (Å²) in [5, 5.41) is 5.06. The smallest absolute Gasteiger partial charge is 0.416 e. The van der Waals surface area contributed by atoms with E-state index in [1.54, 1.807) is 6.07 Å². The van der Waals surface area contributed by atoms with Crippen LogP contribution in [-0.2, 0) is 22.1 Å². The highest BCUT2D eigenvalue weighted by atomic mass is 79.9. The monoisotopic (exact) mass is 556 g/mol. The highest BCUT2D eigenvalue weighted by Crippen LogP contribution is 2.42. The molecule has 0 fully saturated rings. The van der Waals surface area contributed by atoms with Crippen molar-refractivity contribution in [2.24, 2.45) is 0 Å². The molecule has 0 saturated carbocycles. The maximum absolute atomic E-state index is 13.6. The van der Waals surface area contributed by atoms with Crippen molar-refractivity contribution in [2.45, 2.75) is 18.6 Å². The minimum Gasteiger partial charge on any atom is -0.467 e. The Balaban J connectivity index is 1.79. The first-order chi connectivity index (χ1) is 17.2. The Morgan fingerprint density at radius 2 is 1.83 bits per heavy atom. The van der Waals surface area contributed by atoms with Crippen molar-refractivity contribution in [1.82, 2.24) is 4.57 Å². The Labute approximate surface area is 212 Å². The van der Waals surface area contributed by atoms with Gasteiger partial charge < -0.3 is 10.1 Å². The van der Waals surface area contributed by atoms with Crippen LogP contribution in [0.15, 0.2) is 76.0 Å². The average Bonchev–Trinajstić information content (AvgIpc) is 3.31. The number of hydrogen-bond acceptors (Lipinski definition) is 4. The Kier molecular flexibility index (Phi) is 6.12. The summed E-state index contributed by atoms with van der Waals surface area (Å²) >= 11 is 3.42. The van der Waals surface area contributed by atoms with Gasteiger partial charge in [-0.25, -0.2) is 4.79 Å². The third-order valence-corrected chi connectivity index (χ3v) is 7.24. The molecule has 0 bridgehead atoms. The first kappa shape index (κ1) is 24.1. The molecule has 0 spiro atoms. The van der Waals surface area contributed by atoms with Gasteiger partial charge >= 0.3 is 12.1 Å². The van der Waals surface area contributed by atoms with Crippen LogP contribution >= 0.6 is 15.9 Å². The SMILES string of the molecule is COC(=O)C1CNc2c(-c3cccc(C(F)(F)F)c3)c(Cc3cccc4ccccc34)c(Br)c(=O)n21. The van der Waals surface area contributed by atoms with Crippen LogP contribution < -0.4 is 10.9 Å². The van der Waals surface area contributed by atoms with Crippen LogP contribution in [0.5, 0.6) is 0 Å². The van der Waals surface area contributed by atoms with Gasteiger partial charge in [0, 0.05) is 18.5 Å². The van der Waals surface area contributed by atoms with Crippen molar-refractivity contribution in [3.63, 3.8) is 0 Å². The van der Waals surface area contributed by atoms with Crippen molar-refractivity contribution in [3.8, 4) is 11.1 Å². The summed E-state index contributed by atoms with van der Waals surface area (Å²) in [5.41, 5.74) is 0.874. The van der Waals surface area contributed by atoms with Gasteiger partial charge in [0.1, 0.15) is 5.82 Å². The molecule has 4 aromatic rings. The van der Waals surface area contributed by atoms with E-state index in [-0.39, 0.29) is 28.8 Å². The van der Waals surface area contributed by atoms with E-state index in [9.17, 15) is 22.8 Å². The number of hydrogen-bond donors (Lipinski definition) is 1. The number of anilines is 1. The van der Waals surface area contributed by atoms with Gasteiger partial charge in [-0.2, -0.15) is 13.2 Å². The molecule has 2 heterocycles. The highest BCUT2D eigenvalue weighted by molar-refractivity contribution is 9.10. The molecular formula is C27H20BrF3N2O3. The van der Waals surface area contributed by atoms with E-state index in [0.717, 1.165) is 28.5 Å². The molecule has 184 valence electrons. The van der Waals surface area contributed by atoms with Crippen LogP contribution in [0, 0.1) is 0 Å². The van der Waals surface area contributed by atoms with Crippen molar-refractivity contribution >= 4 is 38.5 Å². The number of carbonyl (C=O) groups is 1. The zero-order chi connectivity index (χ0) is 25.6. The molecule has 1 aliphatic rings. The van der Waals surface area contributed by atoms with Gasteiger partial charge in [0.2, 0.25) is 0 Å².